The Morgan fingerprint density at radius 2 is 1.31 bits per heavy atom. The average Bonchev–Trinajstić information content (AvgIpc) is 3.08. The van der Waals surface area contributed by atoms with E-state index in [1.54, 1.807) is 35.9 Å². The fourth-order valence-electron chi connectivity index (χ4n) is 3.10. The molecule has 0 aliphatic heterocycles. The van der Waals surface area contributed by atoms with Crippen LogP contribution in [0.15, 0.2) is 84.9 Å². The van der Waals surface area contributed by atoms with Crippen LogP contribution in [0.4, 0.5) is 0 Å². The third-order valence-corrected chi connectivity index (χ3v) is 4.76. The van der Waals surface area contributed by atoms with Crippen molar-refractivity contribution in [1.82, 2.24) is 4.57 Å². The summed E-state index contributed by atoms with van der Waals surface area (Å²) in [5.74, 6) is -1.00. The summed E-state index contributed by atoms with van der Waals surface area (Å²) in [7, 11) is 1.71. The van der Waals surface area contributed by atoms with E-state index < -0.39 is 5.97 Å². The fourth-order valence-corrected chi connectivity index (χ4v) is 3.10. The maximum absolute atomic E-state index is 12.3. The summed E-state index contributed by atoms with van der Waals surface area (Å²) in [6, 6.07) is 27.4. The number of aryl methyl sites for hydroxylation is 1. The molecular formula is C25H23NO3. The molecule has 4 rings (SSSR count). The Kier molecular flexibility index (Phi) is 6.25. The van der Waals surface area contributed by atoms with Crippen molar-refractivity contribution >= 4 is 22.5 Å². The first-order valence-electron chi connectivity index (χ1n) is 9.37. The monoisotopic (exact) mass is 385 g/mol. The highest BCUT2D eigenvalue weighted by atomic mass is 16.4. The number of nitrogens with zero attached hydrogens (tertiary/aromatic N) is 1. The normalized spacial score (nSPS) is 10.3. The Bertz CT molecular complexity index is 1070. The van der Waals surface area contributed by atoms with Crippen molar-refractivity contribution in [2.75, 3.05) is 0 Å². The molecule has 4 nitrogen and oxygen atoms in total. The van der Waals surface area contributed by atoms with Crippen molar-refractivity contribution in [3.8, 4) is 0 Å². The van der Waals surface area contributed by atoms with Gasteiger partial charge in [-0.25, -0.2) is 0 Å². The summed E-state index contributed by atoms with van der Waals surface area (Å²) in [4.78, 5) is 23.0. The predicted molar refractivity (Wildman–Crippen MR) is 115 cm³/mol. The van der Waals surface area contributed by atoms with Gasteiger partial charge in [-0.15, -0.1) is 0 Å². The molecule has 0 amide bonds. The lowest BCUT2D eigenvalue weighted by Crippen LogP contribution is -2.11. The topological polar surface area (TPSA) is 59.3 Å². The first-order valence-corrected chi connectivity index (χ1v) is 9.37. The Hall–Kier alpha value is -3.66. The lowest BCUT2D eigenvalue weighted by atomic mass is 10.1. The van der Waals surface area contributed by atoms with Crippen LogP contribution in [0.1, 0.15) is 27.3 Å². The van der Waals surface area contributed by atoms with Crippen molar-refractivity contribution in [3.05, 3.63) is 107 Å². The van der Waals surface area contributed by atoms with Crippen LogP contribution < -0.4 is 0 Å². The van der Waals surface area contributed by atoms with Crippen molar-refractivity contribution in [2.24, 2.45) is 7.05 Å². The minimum absolute atomic E-state index is 0.0856. The van der Waals surface area contributed by atoms with Crippen LogP contribution in [-0.4, -0.2) is 21.4 Å². The highest BCUT2D eigenvalue weighted by Crippen LogP contribution is 2.14. The molecule has 3 aromatic carbocycles. The van der Waals surface area contributed by atoms with E-state index >= 15 is 0 Å². The number of aromatic nitrogens is 1. The lowest BCUT2D eigenvalue weighted by Gasteiger charge is -2.06. The van der Waals surface area contributed by atoms with Crippen molar-refractivity contribution < 1.29 is 14.7 Å². The zero-order chi connectivity index (χ0) is 20.8. The van der Waals surface area contributed by atoms with Crippen LogP contribution in [0.2, 0.25) is 0 Å². The number of carbonyl (C=O) groups is 2. The molecule has 0 unspecified atom stereocenters. The van der Waals surface area contributed by atoms with Gasteiger partial charge in [-0.2, -0.15) is 0 Å². The molecule has 0 radical (unpaired) electrons. The summed E-state index contributed by atoms with van der Waals surface area (Å²) >= 11 is 0. The van der Waals surface area contributed by atoms with E-state index in [1.165, 1.54) is 10.8 Å². The van der Waals surface area contributed by atoms with Crippen LogP contribution in [-0.2, 0) is 18.3 Å². The number of benzene rings is 3. The molecule has 29 heavy (non-hydrogen) atoms. The molecule has 4 heteroatoms. The number of hydrogen-bond donors (Lipinski definition) is 1. The van der Waals surface area contributed by atoms with E-state index in [4.69, 9.17) is 5.11 Å². The molecule has 0 fully saturated rings. The molecule has 0 saturated heterocycles. The van der Waals surface area contributed by atoms with Gasteiger partial charge < -0.3 is 9.67 Å². The van der Waals surface area contributed by atoms with E-state index in [1.807, 2.05) is 19.1 Å². The van der Waals surface area contributed by atoms with Gasteiger partial charge in [0.1, 0.15) is 0 Å². The maximum Gasteiger partial charge on any atom is 0.309 e. The second-order valence-corrected chi connectivity index (χ2v) is 6.88. The number of fused-ring (bicyclic) bond motifs is 1. The second-order valence-electron chi connectivity index (χ2n) is 6.88. The van der Waals surface area contributed by atoms with Crippen molar-refractivity contribution in [1.29, 1.82) is 0 Å². The van der Waals surface area contributed by atoms with E-state index in [0.29, 0.717) is 17.0 Å². The average molecular weight is 385 g/mol. The van der Waals surface area contributed by atoms with Gasteiger partial charge in [-0.05, 0) is 29.8 Å². The quantitative estimate of drug-likeness (QED) is 0.501. The number of carboxylic acid groups (broad SMARTS) is 1. The third-order valence-electron chi connectivity index (χ3n) is 4.76. The van der Waals surface area contributed by atoms with Gasteiger partial charge in [0.15, 0.2) is 0 Å². The fraction of sp³-hybridized carbons (Fsp3) is 0.120. The van der Waals surface area contributed by atoms with Gasteiger partial charge in [-0.1, -0.05) is 78.4 Å². The van der Waals surface area contributed by atoms with Gasteiger partial charge in [0.05, 0.1) is 12.1 Å². The molecule has 0 spiro atoms. The first-order chi connectivity index (χ1) is 14.0. The van der Waals surface area contributed by atoms with Crippen LogP contribution >= 0.6 is 0 Å². The Labute approximate surface area is 170 Å². The van der Waals surface area contributed by atoms with E-state index in [0.717, 1.165) is 5.56 Å². The maximum atomic E-state index is 12.3. The first kappa shape index (κ1) is 20.1. The lowest BCUT2D eigenvalue weighted by molar-refractivity contribution is -0.136. The summed E-state index contributed by atoms with van der Waals surface area (Å²) in [6.07, 6.45) is -0.0856. The molecule has 1 heterocycles. The number of aliphatic carboxylic acids is 1. The Balaban J connectivity index is 0.000000200. The van der Waals surface area contributed by atoms with Crippen LogP contribution in [0, 0.1) is 6.92 Å². The van der Waals surface area contributed by atoms with Gasteiger partial charge in [0, 0.05) is 18.3 Å². The zero-order valence-electron chi connectivity index (χ0n) is 16.5. The molecule has 0 aliphatic rings. The Morgan fingerprint density at radius 3 is 1.79 bits per heavy atom. The molecular weight excluding hydrogens is 362 g/mol. The summed E-state index contributed by atoms with van der Waals surface area (Å²) in [5, 5.41) is 11.4. The number of ketones is 1. The predicted octanol–water partition coefficient (Wildman–Crippen LogP) is 5.03. The minimum Gasteiger partial charge on any atom is -0.481 e. The summed E-state index contributed by atoms with van der Waals surface area (Å²) in [5.41, 5.74) is 2.81. The zero-order valence-corrected chi connectivity index (χ0v) is 16.5. The summed E-state index contributed by atoms with van der Waals surface area (Å²) in [6.45, 7) is 1.96. The van der Waals surface area contributed by atoms with Crippen molar-refractivity contribution in [2.45, 2.75) is 13.3 Å². The van der Waals surface area contributed by atoms with Crippen LogP contribution in [0.25, 0.3) is 10.8 Å². The van der Waals surface area contributed by atoms with E-state index in [2.05, 4.69) is 48.5 Å². The van der Waals surface area contributed by atoms with Gasteiger partial charge in [0.2, 0.25) is 5.78 Å². The van der Waals surface area contributed by atoms with Crippen molar-refractivity contribution in [3.63, 3.8) is 0 Å². The molecule has 0 saturated carbocycles. The van der Waals surface area contributed by atoms with E-state index in [-0.39, 0.29) is 12.2 Å². The smallest absolute Gasteiger partial charge is 0.309 e. The molecule has 1 N–H and O–H groups in total. The van der Waals surface area contributed by atoms with Gasteiger partial charge in [0.25, 0.3) is 0 Å². The minimum atomic E-state index is -0.907. The number of carboxylic acids is 1. The van der Waals surface area contributed by atoms with E-state index in [9.17, 15) is 9.59 Å². The number of rotatable bonds is 4. The number of hydrogen-bond acceptors (Lipinski definition) is 2. The SMILES string of the molecule is Cc1ccc(C(=O)c2ccc(CC(=O)O)n2C)cc1.c1ccc2ccccc2c1. The van der Waals surface area contributed by atoms with Gasteiger partial charge >= 0.3 is 5.97 Å². The summed E-state index contributed by atoms with van der Waals surface area (Å²) < 4.78 is 1.64. The van der Waals surface area contributed by atoms with Crippen LogP contribution in [0.5, 0.6) is 0 Å². The highest BCUT2D eigenvalue weighted by Gasteiger charge is 2.15. The molecule has 0 atom stereocenters. The molecule has 146 valence electrons. The second kappa shape index (κ2) is 9.02. The molecule has 0 aliphatic carbocycles. The standard InChI is InChI=1S/C15H15NO3.C10H8/c1-10-3-5-11(6-4-10)15(19)13-8-7-12(16(13)2)9-14(17)18;1-2-6-10-8-4-3-7-9(10)5-1/h3-8H,9H2,1-2H3,(H,17,18);1-8H. The van der Waals surface area contributed by atoms with Crippen LogP contribution in [0.3, 0.4) is 0 Å². The third kappa shape index (κ3) is 4.99. The highest BCUT2D eigenvalue weighted by molar-refractivity contribution is 6.08. The molecule has 4 aromatic rings. The molecule has 0 bridgehead atoms. The number of carbonyl (C=O) groups excluding carboxylic acids is 1. The molecule has 1 aromatic heterocycles. The van der Waals surface area contributed by atoms with Gasteiger partial charge in [-0.3, -0.25) is 9.59 Å². The largest absolute Gasteiger partial charge is 0.481 e. The Morgan fingerprint density at radius 1 is 0.793 bits per heavy atom.